The minimum absolute atomic E-state index is 0.100. The van der Waals surface area contributed by atoms with Gasteiger partial charge in [-0.25, -0.2) is 0 Å². The van der Waals surface area contributed by atoms with Gasteiger partial charge in [0.2, 0.25) is 0 Å². The maximum Gasteiger partial charge on any atom is 0.257 e. The van der Waals surface area contributed by atoms with Crippen molar-refractivity contribution in [2.45, 2.75) is 6.92 Å². The van der Waals surface area contributed by atoms with Crippen molar-refractivity contribution in [3.8, 4) is 11.8 Å². The molecule has 1 aromatic heterocycles. The van der Waals surface area contributed by atoms with Gasteiger partial charge in [0.15, 0.2) is 0 Å². The molecule has 0 aliphatic carbocycles. The van der Waals surface area contributed by atoms with E-state index in [1.807, 2.05) is 6.07 Å². The first-order valence-corrected chi connectivity index (χ1v) is 5.16. The van der Waals surface area contributed by atoms with Crippen LogP contribution in [-0.2, 0) is 0 Å². The van der Waals surface area contributed by atoms with Gasteiger partial charge in [-0.2, -0.15) is 10.4 Å². The summed E-state index contributed by atoms with van der Waals surface area (Å²) in [5, 5.41) is 26.8. The van der Waals surface area contributed by atoms with E-state index in [-0.39, 0.29) is 23.0 Å². The van der Waals surface area contributed by atoms with Gasteiger partial charge in [0, 0.05) is 5.56 Å². The molecule has 6 nitrogen and oxygen atoms in total. The van der Waals surface area contributed by atoms with E-state index in [2.05, 4.69) is 15.5 Å². The van der Waals surface area contributed by atoms with Gasteiger partial charge in [-0.1, -0.05) is 0 Å². The van der Waals surface area contributed by atoms with Crippen molar-refractivity contribution in [2.24, 2.45) is 0 Å². The van der Waals surface area contributed by atoms with Crippen LogP contribution in [0, 0.1) is 18.3 Å². The first-order chi connectivity index (χ1) is 8.61. The number of aromatic amines is 1. The van der Waals surface area contributed by atoms with E-state index >= 15 is 0 Å². The summed E-state index contributed by atoms with van der Waals surface area (Å²) in [6.45, 7) is 1.72. The smallest absolute Gasteiger partial charge is 0.257 e. The molecule has 18 heavy (non-hydrogen) atoms. The summed E-state index contributed by atoms with van der Waals surface area (Å²) in [5.41, 5.74) is 1.33. The van der Waals surface area contributed by atoms with Gasteiger partial charge in [-0.15, -0.1) is 0 Å². The highest BCUT2D eigenvalue weighted by atomic mass is 16.3. The summed E-state index contributed by atoms with van der Waals surface area (Å²) in [4.78, 5) is 12.0. The van der Waals surface area contributed by atoms with Crippen molar-refractivity contribution in [2.75, 3.05) is 5.32 Å². The van der Waals surface area contributed by atoms with Gasteiger partial charge in [0.25, 0.3) is 5.91 Å². The fourth-order valence-electron chi connectivity index (χ4n) is 1.55. The van der Waals surface area contributed by atoms with Crippen LogP contribution < -0.4 is 5.32 Å². The number of phenolic OH excluding ortho intramolecular Hbond substituents is 1. The van der Waals surface area contributed by atoms with Crippen LogP contribution >= 0.6 is 0 Å². The van der Waals surface area contributed by atoms with E-state index < -0.39 is 0 Å². The van der Waals surface area contributed by atoms with Crippen molar-refractivity contribution in [3.63, 3.8) is 0 Å². The number of aromatic nitrogens is 2. The number of benzene rings is 1. The van der Waals surface area contributed by atoms with E-state index in [1.54, 1.807) is 6.92 Å². The number of H-pyrrole nitrogens is 1. The molecular formula is C12H10N4O2. The van der Waals surface area contributed by atoms with Crippen molar-refractivity contribution in [1.29, 1.82) is 5.26 Å². The first kappa shape index (κ1) is 11.7. The molecule has 3 N–H and O–H groups in total. The summed E-state index contributed by atoms with van der Waals surface area (Å²) < 4.78 is 0. The molecule has 0 saturated carbocycles. The number of rotatable bonds is 2. The number of carbonyl (C=O) groups is 1. The van der Waals surface area contributed by atoms with Crippen LogP contribution in [0.1, 0.15) is 21.5 Å². The van der Waals surface area contributed by atoms with E-state index in [0.717, 1.165) is 0 Å². The predicted molar refractivity (Wildman–Crippen MR) is 64.1 cm³/mol. The fraction of sp³-hybridized carbons (Fsp3) is 0.0833. The number of nitriles is 1. The maximum atomic E-state index is 12.0. The second kappa shape index (κ2) is 4.59. The number of nitrogens with zero attached hydrogens (tertiary/aromatic N) is 2. The Morgan fingerprint density at radius 1 is 1.56 bits per heavy atom. The number of aryl methyl sites for hydroxylation is 1. The predicted octanol–water partition coefficient (Wildman–Crippen LogP) is 1.55. The Morgan fingerprint density at radius 2 is 2.33 bits per heavy atom. The van der Waals surface area contributed by atoms with Gasteiger partial charge in [-0.05, 0) is 30.7 Å². The van der Waals surface area contributed by atoms with E-state index in [4.69, 9.17) is 5.26 Å². The van der Waals surface area contributed by atoms with Crippen LogP contribution in [0.4, 0.5) is 5.82 Å². The topological polar surface area (TPSA) is 102 Å². The number of hydrogen-bond acceptors (Lipinski definition) is 4. The van der Waals surface area contributed by atoms with Crippen LogP contribution in [0.5, 0.6) is 5.75 Å². The number of phenols is 1. The average molecular weight is 242 g/mol. The number of carbonyl (C=O) groups excluding carboxylic acids is 1. The molecule has 0 radical (unpaired) electrons. The number of nitrogens with one attached hydrogen (secondary N) is 2. The number of aromatic hydroxyl groups is 1. The summed E-state index contributed by atoms with van der Waals surface area (Å²) in [7, 11) is 0. The van der Waals surface area contributed by atoms with Crippen molar-refractivity contribution >= 4 is 11.7 Å². The average Bonchev–Trinajstić information content (AvgIpc) is 2.76. The molecule has 90 valence electrons. The van der Waals surface area contributed by atoms with Crippen LogP contribution in [0.3, 0.4) is 0 Å². The van der Waals surface area contributed by atoms with Gasteiger partial charge in [-0.3, -0.25) is 9.89 Å². The Labute approximate surface area is 103 Å². The Bertz CT molecular complexity index is 640. The zero-order chi connectivity index (χ0) is 13.1. The molecule has 0 unspecified atom stereocenters. The SMILES string of the molecule is Cc1cc(O)ccc1C(=O)Nc1[nH]ncc1C#N. The maximum absolute atomic E-state index is 12.0. The monoisotopic (exact) mass is 242 g/mol. The molecule has 1 heterocycles. The molecule has 0 spiro atoms. The summed E-state index contributed by atoms with van der Waals surface area (Å²) >= 11 is 0. The standard InChI is InChI=1S/C12H10N4O2/c1-7-4-9(17)2-3-10(7)12(18)15-11-8(5-13)6-14-16-11/h2-4,6,17H,1H3,(H2,14,15,16,18). The molecule has 0 atom stereocenters. The molecule has 2 aromatic rings. The quantitative estimate of drug-likeness (QED) is 0.743. The lowest BCUT2D eigenvalue weighted by Gasteiger charge is -2.06. The van der Waals surface area contributed by atoms with Crippen molar-refractivity contribution < 1.29 is 9.90 Å². The van der Waals surface area contributed by atoms with Gasteiger partial charge in [0.05, 0.1) is 6.20 Å². The third kappa shape index (κ3) is 2.15. The van der Waals surface area contributed by atoms with E-state index in [0.29, 0.717) is 11.1 Å². The van der Waals surface area contributed by atoms with Crippen LogP contribution in [0.15, 0.2) is 24.4 Å². The van der Waals surface area contributed by atoms with Gasteiger partial charge in [0.1, 0.15) is 23.2 Å². The lowest BCUT2D eigenvalue weighted by molar-refractivity contribution is 0.102. The van der Waals surface area contributed by atoms with Crippen LogP contribution in [0.25, 0.3) is 0 Å². The zero-order valence-electron chi connectivity index (χ0n) is 9.56. The normalized spacial score (nSPS) is 9.78. The fourth-order valence-corrected chi connectivity index (χ4v) is 1.55. The van der Waals surface area contributed by atoms with Crippen molar-refractivity contribution in [3.05, 3.63) is 41.1 Å². The summed E-state index contributed by atoms with van der Waals surface area (Å²) in [6, 6.07) is 6.35. The highest BCUT2D eigenvalue weighted by Crippen LogP contribution is 2.17. The zero-order valence-corrected chi connectivity index (χ0v) is 9.56. The molecule has 0 fully saturated rings. The lowest BCUT2D eigenvalue weighted by atomic mass is 10.1. The van der Waals surface area contributed by atoms with Crippen LogP contribution in [0.2, 0.25) is 0 Å². The Balaban J connectivity index is 2.25. The molecule has 0 aliphatic rings. The molecular weight excluding hydrogens is 232 g/mol. The molecule has 0 bridgehead atoms. The second-order valence-electron chi connectivity index (χ2n) is 3.72. The molecule has 0 saturated heterocycles. The largest absolute Gasteiger partial charge is 0.508 e. The van der Waals surface area contributed by atoms with Gasteiger partial charge >= 0.3 is 0 Å². The summed E-state index contributed by atoms with van der Waals surface area (Å²) in [5.74, 6) is -0.00784. The number of anilines is 1. The summed E-state index contributed by atoms with van der Waals surface area (Å²) in [6.07, 6.45) is 1.33. The minimum atomic E-state index is -0.367. The number of hydrogen-bond donors (Lipinski definition) is 3. The third-order valence-corrected chi connectivity index (χ3v) is 2.45. The highest BCUT2D eigenvalue weighted by molar-refractivity contribution is 6.05. The highest BCUT2D eigenvalue weighted by Gasteiger charge is 2.12. The Hall–Kier alpha value is -2.81. The molecule has 1 amide bonds. The molecule has 1 aromatic carbocycles. The second-order valence-corrected chi connectivity index (χ2v) is 3.72. The van der Waals surface area contributed by atoms with Crippen molar-refractivity contribution in [1.82, 2.24) is 10.2 Å². The Morgan fingerprint density at radius 3 is 3.00 bits per heavy atom. The molecule has 2 rings (SSSR count). The lowest BCUT2D eigenvalue weighted by Crippen LogP contribution is -2.14. The number of amides is 1. The first-order valence-electron chi connectivity index (χ1n) is 5.16. The third-order valence-electron chi connectivity index (χ3n) is 2.45. The van der Waals surface area contributed by atoms with E-state index in [9.17, 15) is 9.90 Å². The van der Waals surface area contributed by atoms with E-state index in [1.165, 1.54) is 24.4 Å². The van der Waals surface area contributed by atoms with Gasteiger partial charge < -0.3 is 10.4 Å². The minimum Gasteiger partial charge on any atom is -0.508 e. The Kier molecular flexibility index (Phi) is 2.98. The van der Waals surface area contributed by atoms with Crippen LogP contribution in [-0.4, -0.2) is 21.2 Å². The molecule has 0 aliphatic heterocycles. The molecule has 6 heteroatoms.